The molecule has 30 heavy (non-hydrogen) atoms. The Kier molecular flexibility index (Phi) is 7.75. The van der Waals surface area contributed by atoms with Gasteiger partial charge >= 0.3 is 0 Å². The van der Waals surface area contributed by atoms with Gasteiger partial charge in [0.25, 0.3) is 11.8 Å². The Balaban J connectivity index is 1.94. The molecule has 160 valence electrons. The van der Waals surface area contributed by atoms with Crippen LogP contribution in [0, 0.1) is 0 Å². The Bertz CT molecular complexity index is 895. The second-order valence-electron chi connectivity index (χ2n) is 8.12. The van der Waals surface area contributed by atoms with Crippen LogP contribution in [-0.2, 0) is 10.2 Å². The lowest BCUT2D eigenvalue weighted by Crippen LogP contribution is -2.33. The summed E-state index contributed by atoms with van der Waals surface area (Å²) in [6.07, 6.45) is 0. The topological polar surface area (TPSA) is 78.5 Å². The third-order valence-corrected chi connectivity index (χ3v) is 4.87. The lowest BCUT2D eigenvalue weighted by atomic mass is 9.87. The van der Waals surface area contributed by atoms with Gasteiger partial charge in [0.15, 0.2) is 0 Å². The number of anilines is 1. The molecule has 0 aliphatic heterocycles. The predicted molar refractivity (Wildman–Crippen MR) is 120 cm³/mol. The number of rotatable bonds is 7. The van der Waals surface area contributed by atoms with Gasteiger partial charge in [0.05, 0.1) is 6.54 Å². The van der Waals surface area contributed by atoms with Crippen molar-refractivity contribution in [2.75, 3.05) is 25.0 Å². The van der Waals surface area contributed by atoms with E-state index in [1.807, 2.05) is 26.0 Å². The van der Waals surface area contributed by atoms with Crippen LogP contribution in [-0.4, -0.2) is 42.3 Å². The van der Waals surface area contributed by atoms with E-state index in [2.05, 4.69) is 31.4 Å². The minimum absolute atomic E-state index is 0.0100. The Morgan fingerprint density at radius 3 is 2.10 bits per heavy atom. The van der Waals surface area contributed by atoms with Crippen LogP contribution >= 0.6 is 0 Å². The van der Waals surface area contributed by atoms with Gasteiger partial charge in [0, 0.05) is 29.9 Å². The van der Waals surface area contributed by atoms with E-state index in [1.54, 1.807) is 41.3 Å². The first kappa shape index (κ1) is 23.1. The fourth-order valence-corrected chi connectivity index (χ4v) is 3.01. The van der Waals surface area contributed by atoms with Crippen molar-refractivity contribution in [1.29, 1.82) is 0 Å². The summed E-state index contributed by atoms with van der Waals surface area (Å²) >= 11 is 0. The molecule has 0 aromatic heterocycles. The maximum Gasteiger partial charge on any atom is 0.253 e. The molecule has 0 spiro atoms. The minimum Gasteiger partial charge on any atom is -0.343 e. The van der Waals surface area contributed by atoms with Gasteiger partial charge in [-0.2, -0.15) is 0 Å². The Labute approximate surface area is 178 Å². The molecule has 6 nitrogen and oxygen atoms in total. The van der Waals surface area contributed by atoms with Crippen LogP contribution < -0.4 is 10.6 Å². The number of hydrogen-bond donors (Lipinski definition) is 2. The molecule has 0 unspecified atom stereocenters. The fraction of sp³-hybridized carbons (Fsp3) is 0.375. The van der Waals surface area contributed by atoms with E-state index in [0.717, 1.165) is 5.56 Å². The molecule has 0 aliphatic rings. The maximum atomic E-state index is 12.5. The first-order chi connectivity index (χ1) is 14.2. The maximum absolute atomic E-state index is 12.5. The summed E-state index contributed by atoms with van der Waals surface area (Å²) in [5.74, 6) is -0.749. The van der Waals surface area contributed by atoms with Crippen molar-refractivity contribution < 1.29 is 14.4 Å². The highest BCUT2D eigenvalue weighted by Crippen LogP contribution is 2.22. The molecule has 2 aromatic carbocycles. The number of benzene rings is 2. The molecule has 2 N–H and O–H groups in total. The van der Waals surface area contributed by atoms with Crippen molar-refractivity contribution in [3.63, 3.8) is 0 Å². The van der Waals surface area contributed by atoms with Gasteiger partial charge < -0.3 is 15.5 Å². The van der Waals surface area contributed by atoms with E-state index >= 15 is 0 Å². The van der Waals surface area contributed by atoms with Gasteiger partial charge in [-0.05, 0) is 55.2 Å². The highest BCUT2D eigenvalue weighted by Gasteiger charge is 2.15. The third kappa shape index (κ3) is 6.17. The number of carbonyl (C=O) groups excluding carboxylic acids is 3. The van der Waals surface area contributed by atoms with Crippen molar-refractivity contribution in [2.45, 2.75) is 40.0 Å². The Morgan fingerprint density at radius 2 is 1.53 bits per heavy atom. The van der Waals surface area contributed by atoms with Crippen LogP contribution in [0.25, 0.3) is 0 Å². The summed E-state index contributed by atoms with van der Waals surface area (Å²) in [5.41, 5.74) is 2.68. The van der Waals surface area contributed by atoms with Gasteiger partial charge in [-0.15, -0.1) is 0 Å². The zero-order valence-electron chi connectivity index (χ0n) is 18.4. The lowest BCUT2D eigenvalue weighted by Gasteiger charge is -2.19. The number of nitrogens with zero attached hydrogens (tertiary/aromatic N) is 1. The second kappa shape index (κ2) is 10.1. The zero-order valence-corrected chi connectivity index (χ0v) is 18.4. The molecule has 0 saturated carbocycles. The molecular weight excluding hydrogens is 378 g/mol. The van der Waals surface area contributed by atoms with Crippen LogP contribution in [0.3, 0.4) is 0 Å². The Hall–Kier alpha value is -3.15. The molecule has 6 heteroatoms. The Morgan fingerprint density at radius 1 is 0.900 bits per heavy atom. The SMILES string of the molecule is CCN(CC)C(=O)c1cccc(NC(=O)CNC(=O)c2ccc(C(C)(C)C)cc2)c1. The van der Waals surface area contributed by atoms with E-state index in [9.17, 15) is 14.4 Å². The molecule has 0 aliphatic carbocycles. The molecule has 0 saturated heterocycles. The molecule has 0 bridgehead atoms. The molecule has 3 amide bonds. The van der Waals surface area contributed by atoms with Gasteiger partial charge in [0.2, 0.25) is 5.91 Å². The summed E-state index contributed by atoms with van der Waals surface area (Å²) < 4.78 is 0. The fourth-order valence-electron chi connectivity index (χ4n) is 3.01. The number of amides is 3. The molecular formula is C24H31N3O3. The minimum atomic E-state index is -0.359. The summed E-state index contributed by atoms with van der Waals surface area (Å²) in [7, 11) is 0. The average molecular weight is 410 g/mol. The average Bonchev–Trinajstić information content (AvgIpc) is 2.72. The molecule has 0 heterocycles. The smallest absolute Gasteiger partial charge is 0.253 e. The number of nitrogens with one attached hydrogen (secondary N) is 2. The van der Waals surface area contributed by atoms with Crippen molar-refractivity contribution in [3.05, 3.63) is 65.2 Å². The van der Waals surface area contributed by atoms with E-state index < -0.39 is 0 Å². The van der Waals surface area contributed by atoms with Crippen LogP contribution in [0.4, 0.5) is 5.69 Å². The quantitative estimate of drug-likeness (QED) is 0.729. The summed E-state index contributed by atoms with van der Waals surface area (Å²) in [4.78, 5) is 38.7. The van der Waals surface area contributed by atoms with Gasteiger partial charge in [-0.1, -0.05) is 39.0 Å². The van der Waals surface area contributed by atoms with Crippen molar-refractivity contribution in [3.8, 4) is 0 Å². The molecule has 0 atom stereocenters. The largest absolute Gasteiger partial charge is 0.343 e. The lowest BCUT2D eigenvalue weighted by molar-refractivity contribution is -0.115. The van der Waals surface area contributed by atoms with Gasteiger partial charge in [-0.25, -0.2) is 0 Å². The van der Waals surface area contributed by atoms with Gasteiger partial charge in [-0.3, -0.25) is 14.4 Å². The van der Waals surface area contributed by atoms with E-state index in [-0.39, 0.29) is 29.7 Å². The first-order valence-electron chi connectivity index (χ1n) is 10.2. The van der Waals surface area contributed by atoms with Crippen molar-refractivity contribution in [1.82, 2.24) is 10.2 Å². The highest BCUT2D eigenvalue weighted by molar-refractivity contribution is 6.00. The molecule has 2 rings (SSSR count). The summed E-state index contributed by atoms with van der Waals surface area (Å²) in [6.45, 7) is 11.3. The van der Waals surface area contributed by atoms with Crippen molar-refractivity contribution in [2.24, 2.45) is 0 Å². The summed E-state index contributed by atoms with van der Waals surface area (Å²) in [5, 5.41) is 5.35. The van der Waals surface area contributed by atoms with Gasteiger partial charge in [0.1, 0.15) is 0 Å². The molecule has 2 aromatic rings. The third-order valence-electron chi connectivity index (χ3n) is 4.87. The van der Waals surface area contributed by atoms with Crippen molar-refractivity contribution >= 4 is 23.4 Å². The summed E-state index contributed by atoms with van der Waals surface area (Å²) in [6, 6.07) is 14.2. The number of hydrogen-bond acceptors (Lipinski definition) is 3. The van der Waals surface area contributed by atoms with Crippen LogP contribution in [0.5, 0.6) is 0 Å². The first-order valence-corrected chi connectivity index (χ1v) is 10.2. The van der Waals surface area contributed by atoms with Crippen LogP contribution in [0.15, 0.2) is 48.5 Å². The monoisotopic (exact) mass is 409 g/mol. The normalized spacial score (nSPS) is 11.0. The van der Waals surface area contributed by atoms with E-state index in [4.69, 9.17) is 0 Å². The number of carbonyl (C=O) groups is 3. The zero-order chi connectivity index (χ0) is 22.3. The van der Waals surface area contributed by atoms with Crippen LogP contribution in [0.2, 0.25) is 0 Å². The highest BCUT2D eigenvalue weighted by atomic mass is 16.2. The predicted octanol–water partition coefficient (Wildman–Crippen LogP) is 3.83. The standard InChI is InChI=1S/C24H31N3O3/c1-6-27(7-2)23(30)18-9-8-10-20(15-18)26-21(28)16-25-22(29)17-11-13-19(14-12-17)24(3,4)5/h8-15H,6-7,16H2,1-5H3,(H,25,29)(H,26,28). The molecule has 0 radical (unpaired) electrons. The van der Waals surface area contributed by atoms with E-state index in [1.165, 1.54) is 0 Å². The molecule has 0 fully saturated rings. The second-order valence-corrected chi connectivity index (χ2v) is 8.12. The van der Waals surface area contributed by atoms with Crippen LogP contribution in [0.1, 0.15) is 60.9 Å². The van der Waals surface area contributed by atoms with E-state index in [0.29, 0.717) is 29.9 Å².